The fraction of sp³-hybridized carbons (Fsp3) is 0.364. The second-order valence-electron chi connectivity index (χ2n) is 10.4. The normalized spacial score (nSPS) is 17.0. The van der Waals surface area contributed by atoms with Crippen LogP contribution < -0.4 is 0 Å². The predicted molar refractivity (Wildman–Crippen MR) is 145 cm³/mol. The summed E-state index contributed by atoms with van der Waals surface area (Å²) in [5.74, 6) is 2.22. The van der Waals surface area contributed by atoms with E-state index in [1.807, 2.05) is 18.3 Å². The molecule has 2 saturated carbocycles. The smallest absolute Gasteiger partial charge is 0.0602 e. The Kier molecular flexibility index (Phi) is 8.19. The van der Waals surface area contributed by atoms with Crippen LogP contribution in [-0.4, -0.2) is 9.55 Å². The molecule has 1 radical (unpaired) electrons. The number of nitrogens with zero attached hydrogens (tertiary/aromatic N) is 2. The minimum atomic E-state index is 0. The third kappa shape index (κ3) is 5.01. The largest absolute Gasteiger partial charge is 0.339 e. The van der Waals surface area contributed by atoms with Crippen molar-refractivity contribution in [1.82, 2.24) is 9.55 Å². The summed E-state index contributed by atoms with van der Waals surface area (Å²) in [5, 5.41) is 0. The average Bonchev–Trinajstić information content (AvgIpc) is 3.44. The number of imidazole rings is 1. The Morgan fingerprint density at radius 1 is 0.722 bits per heavy atom. The van der Waals surface area contributed by atoms with Gasteiger partial charge in [-0.05, 0) is 59.8 Å². The molecule has 3 heteroatoms. The third-order valence-corrected chi connectivity index (χ3v) is 8.22. The summed E-state index contributed by atoms with van der Waals surface area (Å²) in [7, 11) is 0. The van der Waals surface area contributed by atoms with Crippen LogP contribution in [0.1, 0.15) is 87.2 Å². The zero-order chi connectivity index (χ0) is 23.5. The first kappa shape index (κ1) is 25.2. The van der Waals surface area contributed by atoms with E-state index in [1.54, 1.807) is 5.56 Å². The first-order chi connectivity index (χ1) is 17.4. The van der Waals surface area contributed by atoms with Crippen molar-refractivity contribution in [3.05, 3.63) is 96.3 Å². The molecule has 0 spiro atoms. The van der Waals surface area contributed by atoms with Gasteiger partial charge >= 0.3 is 0 Å². The Bertz CT molecular complexity index is 1250. The van der Waals surface area contributed by atoms with Gasteiger partial charge in [-0.2, -0.15) is 0 Å². The van der Waals surface area contributed by atoms with Crippen LogP contribution >= 0.6 is 0 Å². The fourth-order valence-corrected chi connectivity index (χ4v) is 6.53. The standard InChI is InChI=1S/C33H35N2.Ir/c1-5-13-25(14-6-1)29-21-22-30(26-15-7-2-8-16-26)32(31(29)27-17-9-3-10-18-27)35-24-23-34-33(35)28-19-11-4-12-20-28;/h1,4-6,11-14,19,21-24,26-27H,2-3,7-10,15-18H2;/q-1;. The molecule has 1 heterocycles. The van der Waals surface area contributed by atoms with Gasteiger partial charge in [-0.25, -0.2) is 0 Å². The maximum atomic E-state index is 4.87. The van der Waals surface area contributed by atoms with Crippen LogP contribution in [0.25, 0.3) is 28.2 Å². The first-order valence-electron chi connectivity index (χ1n) is 13.6. The van der Waals surface area contributed by atoms with Gasteiger partial charge in [-0.3, -0.25) is 4.98 Å². The van der Waals surface area contributed by atoms with Gasteiger partial charge in [-0.1, -0.05) is 81.0 Å². The van der Waals surface area contributed by atoms with Crippen molar-refractivity contribution in [2.24, 2.45) is 0 Å². The number of hydrogen-bond donors (Lipinski definition) is 0. The second kappa shape index (κ2) is 11.7. The fourth-order valence-electron chi connectivity index (χ4n) is 6.53. The van der Waals surface area contributed by atoms with Crippen molar-refractivity contribution < 1.29 is 20.1 Å². The molecule has 0 bridgehead atoms. The van der Waals surface area contributed by atoms with E-state index < -0.39 is 0 Å². The number of aromatic nitrogens is 2. The van der Waals surface area contributed by atoms with E-state index in [1.165, 1.54) is 86.6 Å². The van der Waals surface area contributed by atoms with Crippen LogP contribution in [0.15, 0.2) is 79.1 Å². The van der Waals surface area contributed by atoms with E-state index in [2.05, 4.69) is 71.4 Å². The van der Waals surface area contributed by atoms with Gasteiger partial charge in [0.25, 0.3) is 0 Å². The van der Waals surface area contributed by atoms with Crippen molar-refractivity contribution in [3.8, 4) is 28.2 Å². The van der Waals surface area contributed by atoms with Crippen LogP contribution in [0.4, 0.5) is 0 Å². The second-order valence-corrected chi connectivity index (χ2v) is 10.4. The zero-order valence-corrected chi connectivity index (χ0v) is 23.4. The van der Waals surface area contributed by atoms with Crippen LogP contribution in [0.3, 0.4) is 0 Å². The molecule has 2 fully saturated rings. The summed E-state index contributed by atoms with van der Waals surface area (Å²) in [6, 6.07) is 27.7. The van der Waals surface area contributed by atoms with Crippen molar-refractivity contribution in [2.75, 3.05) is 0 Å². The SMILES string of the molecule is [Ir].[c-]1ccccc1-c1nccn1-c1c(C2CCCCC2)ccc(-c2ccccc2)c1C1CCCCC1. The van der Waals surface area contributed by atoms with Gasteiger partial charge in [-0.15, -0.1) is 35.9 Å². The van der Waals surface area contributed by atoms with Gasteiger partial charge in [0.1, 0.15) is 0 Å². The van der Waals surface area contributed by atoms with Crippen LogP contribution in [0.5, 0.6) is 0 Å². The molecule has 0 amide bonds. The quantitative estimate of drug-likeness (QED) is 0.197. The molecule has 187 valence electrons. The summed E-state index contributed by atoms with van der Waals surface area (Å²) < 4.78 is 2.41. The summed E-state index contributed by atoms with van der Waals surface area (Å²) in [6.45, 7) is 0. The monoisotopic (exact) mass is 652 g/mol. The Morgan fingerprint density at radius 3 is 2.11 bits per heavy atom. The summed E-state index contributed by atoms with van der Waals surface area (Å²) >= 11 is 0. The molecule has 0 unspecified atom stereocenters. The molecule has 0 atom stereocenters. The van der Waals surface area contributed by atoms with Crippen LogP contribution in [-0.2, 0) is 20.1 Å². The molecular weight excluding hydrogens is 617 g/mol. The van der Waals surface area contributed by atoms with Crippen molar-refractivity contribution in [1.29, 1.82) is 0 Å². The zero-order valence-electron chi connectivity index (χ0n) is 21.0. The van der Waals surface area contributed by atoms with Crippen molar-refractivity contribution in [3.63, 3.8) is 0 Å². The maximum absolute atomic E-state index is 4.87. The molecule has 2 aliphatic carbocycles. The van der Waals surface area contributed by atoms with E-state index >= 15 is 0 Å². The Balaban J connectivity index is 0.00000267. The molecular formula is C33H35IrN2-. The number of benzene rings is 3. The molecule has 0 saturated heterocycles. The van der Waals surface area contributed by atoms with Gasteiger partial charge in [0.2, 0.25) is 0 Å². The van der Waals surface area contributed by atoms with E-state index in [0.29, 0.717) is 11.8 Å². The Hall–Kier alpha value is -2.48. The van der Waals surface area contributed by atoms with Gasteiger partial charge in [0, 0.05) is 38.2 Å². The topological polar surface area (TPSA) is 17.8 Å². The maximum Gasteiger partial charge on any atom is 0.0602 e. The molecule has 4 aromatic rings. The van der Waals surface area contributed by atoms with E-state index in [4.69, 9.17) is 4.98 Å². The van der Waals surface area contributed by atoms with E-state index in [9.17, 15) is 0 Å². The average molecular weight is 652 g/mol. The molecule has 0 aliphatic heterocycles. The van der Waals surface area contributed by atoms with Gasteiger partial charge in [0.05, 0.1) is 5.82 Å². The predicted octanol–water partition coefficient (Wildman–Crippen LogP) is 9.10. The number of rotatable bonds is 5. The molecule has 6 rings (SSSR count). The van der Waals surface area contributed by atoms with E-state index in [0.717, 1.165) is 11.4 Å². The molecule has 0 N–H and O–H groups in total. The van der Waals surface area contributed by atoms with Gasteiger partial charge < -0.3 is 4.57 Å². The Morgan fingerprint density at radius 2 is 1.42 bits per heavy atom. The minimum absolute atomic E-state index is 0. The molecule has 1 aromatic heterocycles. The van der Waals surface area contributed by atoms with Crippen molar-refractivity contribution >= 4 is 0 Å². The minimum Gasteiger partial charge on any atom is -0.339 e. The number of hydrogen-bond acceptors (Lipinski definition) is 1. The summed E-state index contributed by atoms with van der Waals surface area (Å²) in [6.07, 6.45) is 17.4. The summed E-state index contributed by atoms with van der Waals surface area (Å²) in [4.78, 5) is 4.87. The Labute approximate surface area is 229 Å². The van der Waals surface area contributed by atoms with E-state index in [-0.39, 0.29) is 20.1 Å². The molecule has 2 aliphatic rings. The summed E-state index contributed by atoms with van der Waals surface area (Å²) in [5.41, 5.74) is 8.29. The van der Waals surface area contributed by atoms with Crippen LogP contribution in [0, 0.1) is 6.07 Å². The van der Waals surface area contributed by atoms with Crippen LogP contribution in [0.2, 0.25) is 0 Å². The van der Waals surface area contributed by atoms with Crippen molar-refractivity contribution in [2.45, 2.75) is 76.0 Å². The van der Waals surface area contributed by atoms with Gasteiger partial charge in [0.15, 0.2) is 0 Å². The third-order valence-electron chi connectivity index (χ3n) is 8.22. The first-order valence-corrected chi connectivity index (χ1v) is 13.6. The molecule has 36 heavy (non-hydrogen) atoms. The molecule has 2 nitrogen and oxygen atoms in total. The molecule has 3 aromatic carbocycles.